The molecule has 1 aliphatic heterocycles. The van der Waals surface area contributed by atoms with Gasteiger partial charge in [0, 0.05) is 0 Å². The van der Waals surface area contributed by atoms with Crippen LogP contribution >= 0.6 is 0 Å². The molecule has 0 bridgehead atoms. The highest BCUT2D eigenvalue weighted by Crippen LogP contribution is 2.43. The number of carbonyl (C=O) groups excluding carboxylic acids is 1. The fourth-order valence-corrected chi connectivity index (χ4v) is 3.31. The molecule has 3 N–H and O–H groups in total. The summed E-state index contributed by atoms with van der Waals surface area (Å²) in [6, 6.07) is 3.15. The molecule has 0 spiro atoms. The number of nitrogens with zero attached hydrogens (tertiary/aromatic N) is 1. The lowest BCUT2D eigenvalue weighted by Gasteiger charge is -2.27. The van der Waals surface area contributed by atoms with Crippen molar-refractivity contribution in [3.63, 3.8) is 0 Å². The normalized spacial score (nSPS) is 19.0. The first-order valence-electron chi connectivity index (χ1n) is 7.88. The highest BCUT2D eigenvalue weighted by atomic mass is 16.5. The van der Waals surface area contributed by atoms with Crippen LogP contribution < -0.4 is 19.5 Å². The number of hydrogen-bond acceptors (Lipinski definition) is 6. The van der Waals surface area contributed by atoms with E-state index in [0.717, 1.165) is 17.0 Å². The molecule has 0 unspecified atom stereocenters. The summed E-state index contributed by atoms with van der Waals surface area (Å²) in [4.78, 5) is 19.6. The number of ether oxygens (including phenoxy) is 4. The van der Waals surface area contributed by atoms with Crippen molar-refractivity contribution in [3.8, 4) is 17.2 Å². The summed E-state index contributed by atoms with van der Waals surface area (Å²) in [5, 5.41) is 1.95. The summed E-state index contributed by atoms with van der Waals surface area (Å²) >= 11 is 0. The van der Waals surface area contributed by atoms with E-state index in [4.69, 9.17) is 18.9 Å². The fraction of sp³-hybridized carbons (Fsp3) is 0.412. The summed E-state index contributed by atoms with van der Waals surface area (Å²) in [6.07, 6.45) is 2.15. The van der Waals surface area contributed by atoms with Crippen molar-refractivity contribution < 1.29 is 29.1 Å². The van der Waals surface area contributed by atoms with Crippen LogP contribution in [0.15, 0.2) is 18.5 Å². The Bertz CT molecular complexity index is 774. The molecule has 134 valence electrons. The number of nitrogens with two attached hydrogens (primary N) is 1. The summed E-state index contributed by atoms with van der Waals surface area (Å²) in [5.41, 5.74) is 2.64. The minimum atomic E-state index is -0.372. The predicted octanol–water partition coefficient (Wildman–Crippen LogP) is 0.186. The Morgan fingerprint density at radius 3 is 2.56 bits per heavy atom. The molecule has 2 aromatic rings. The average Bonchev–Trinajstić information content (AvgIpc) is 3.13. The maximum absolute atomic E-state index is 12.1. The van der Waals surface area contributed by atoms with Gasteiger partial charge in [0.05, 0.1) is 52.4 Å². The van der Waals surface area contributed by atoms with E-state index in [9.17, 15) is 4.79 Å². The van der Waals surface area contributed by atoms with Crippen molar-refractivity contribution in [2.75, 3.05) is 28.4 Å². The molecule has 8 heteroatoms. The molecule has 0 fully saturated rings. The molecule has 0 saturated carbocycles. The molecule has 2 heterocycles. The van der Waals surface area contributed by atoms with E-state index in [2.05, 4.69) is 9.97 Å². The zero-order valence-electron chi connectivity index (χ0n) is 14.7. The van der Waals surface area contributed by atoms with Crippen molar-refractivity contribution in [3.05, 3.63) is 35.4 Å². The second-order valence-electron chi connectivity index (χ2n) is 5.69. The Balaban J connectivity index is 2.10. The van der Waals surface area contributed by atoms with E-state index in [1.807, 2.05) is 17.4 Å². The van der Waals surface area contributed by atoms with Crippen LogP contribution in [-0.2, 0) is 16.0 Å². The van der Waals surface area contributed by atoms with Gasteiger partial charge in [0.2, 0.25) is 5.75 Å². The molecule has 0 radical (unpaired) electrons. The molecule has 0 amide bonds. The van der Waals surface area contributed by atoms with Gasteiger partial charge in [-0.2, -0.15) is 0 Å². The molecule has 0 aliphatic carbocycles. The van der Waals surface area contributed by atoms with Gasteiger partial charge in [-0.05, 0) is 12.1 Å². The first kappa shape index (κ1) is 17.1. The quantitative estimate of drug-likeness (QED) is 0.748. The summed E-state index contributed by atoms with van der Waals surface area (Å²) in [6.45, 7) is 0. The number of H-pyrrole nitrogens is 1. The van der Waals surface area contributed by atoms with Crippen LogP contribution in [0, 0.1) is 0 Å². The van der Waals surface area contributed by atoms with E-state index in [1.165, 1.54) is 7.11 Å². The van der Waals surface area contributed by atoms with Crippen molar-refractivity contribution in [1.29, 1.82) is 0 Å². The van der Waals surface area contributed by atoms with Crippen LogP contribution in [0.4, 0.5) is 0 Å². The topological polar surface area (TPSA) is 99.3 Å². The first-order valence-corrected chi connectivity index (χ1v) is 7.88. The Labute approximate surface area is 145 Å². The van der Waals surface area contributed by atoms with Crippen LogP contribution in [0.1, 0.15) is 23.0 Å². The first-order chi connectivity index (χ1) is 12.1. The third-order valence-corrected chi connectivity index (χ3v) is 4.47. The number of carbonyl (C=O) groups is 1. The number of nitrogens with one attached hydrogen (secondary N) is 1. The van der Waals surface area contributed by atoms with Gasteiger partial charge in [0.15, 0.2) is 23.6 Å². The molecular weight excluding hydrogens is 326 g/mol. The van der Waals surface area contributed by atoms with E-state index < -0.39 is 0 Å². The number of quaternary nitrogens is 1. The van der Waals surface area contributed by atoms with Gasteiger partial charge in [0.25, 0.3) is 0 Å². The van der Waals surface area contributed by atoms with Crippen LogP contribution in [-0.4, -0.2) is 50.4 Å². The Morgan fingerprint density at radius 2 is 1.92 bits per heavy atom. The molecule has 1 aliphatic rings. The van der Waals surface area contributed by atoms with Crippen LogP contribution in [0.25, 0.3) is 0 Å². The second kappa shape index (κ2) is 7.02. The number of aromatic nitrogens is 2. The standard InChI is InChI=1S/C17H21N3O5/c1-22-12-6-5-9(15(23-2)16(12)24-3)13-14-10(18-8-19-14)7-11(20-13)17(21)25-4/h5-6,8,11,13,20H,7H2,1-4H3,(H,18,19)/p+1/t11-,13-/m0/s1. The second-order valence-corrected chi connectivity index (χ2v) is 5.69. The van der Waals surface area contributed by atoms with Crippen molar-refractivity contribution in [2.45, 2.75) is 18.5 Å². The molecule has 1 aromatic heterocycles. The van der Waals surface area contributed by atoms with E-state index in [0.29, 0.717) is 23.7 Å². The zero-order chi connectivity index (χ0) is 18.0. The minimum absolute atomic E-state index is 0.204. The molecule has 25 heavy (non-hydrogen) atoms. The van der Waals surface area contributed by atoms with Gasteiger partial charge in [-0.15, -0.1) is 0 Å². The van der Waals surface area contributed by atoms with Crippen LogP contribution in [0.2, 0.25) is 0 Å². The Hall–Kier alpha value is -2.74. The van der Waals surface area contributed by atoms with Gasteiger partial charge in [0.1, 0.15) is 5.69 Å². The highest BCUT2D eigenvalue weighted by molar-refractivity contribution is 5.74. The molecule has 1 aromatic carbocycles. The van der Waals surface area contributed by atoms with E-state index >= 15 is 0 Å². The van der Waals surface area contributed by atoms with E-state index in [-0.39, 0.29) is 18.1 Å². The maximum atomic E-state index is 12.1. The monoisotopic (exact) mass is 348 g/mol. The summed E-state index contributed by atoms with van der Waals surface area (Å²) in [5.74, 6) is 1.37. The molecular formula is C17H22N3O5+. The highest BCUT2D eigenvalue weighted by Gasteiger charge is 2.39. The van der Waals surface area contributed by atoms with Gasteiger partial charge in [-0.1, -0.05) is 0 Å². The van der Waals surface area contributed by atoms with Crippen molar-refractivity contribution in [1.82, 2.24) is 9.97 Å². The average molecular weight is 348 g/mol. The van der Waals surface area contributed by atoms with E-state index in [1.54, 1.807) is 27.7 Å². The third-order valence-electron chi connectivity index (χ3n) is 4.47. The number of hydrogen-bond donors (Lipinski definition) is 2. The molecule has 3 rings (SSSR count). The number of imidazole rings is 1. The zero-order valence-corrected chi connectivity index (χ0v) is 14.7. The molecule has 8 nitrogen and oxygen atoms in total. The number of aromatic amines is 1. The van der Waals surface area contributed by atoms with Gasteiger partial charge in [-0.25, -0.2) is 9.78 Å². The summed E-state index contributed by atoms with van der Waals surface area (Å²) in [7, 11) is 6.11. The third kappa shape index (κ3) is 2.89. The largest absolute Gasteiger partial charge is 0.493 e. The smallest absolute Gasteiger partial charge is 0.365 e. The van der Waals surface area contributed by atoms with Crippen LogP contribution in [0.3, 0.4) is 0 Å². The predicted molar refractivity (Wildman–Crippen MR) is 88.0 cm³/mol. The number of fused-ring (bicyclic) bond motifs is 1. The van der Waals surface area contributed by atoms with Gasteiger partial charge in [-0.3, -0.25) is 0 Å². The maximum Gasteiger partial charge on any atom is 0.365 e. The van der Waals surface area contributed by atoms with Gasteiger partial charge < -0.3 is 29.2 Å². The SMILES string of the molecule is COC(=O)[C@@H]1Cc2nc[nH]c2[C@H](c2ccc(OC)c(OC)c2OC)[NH2+]1. The fourth-order valence-electron chi connectivity index (χ4n) is 3.31. The number of methoxy groups -OCH3 is 4. The van der Waals surface area contributed by atoms with Crippen molar-refractivity contribution >= 4 is 5.97 Å². The number of rotatable bonds is 5. The Kier molecular flexibility index (Phi) is 4.80. The van der Waals surface area contributed by atoms with Gasteiger partial charge >= 0.3 is 5.97 Å². The molecule has 0 saturated heterocycles. The molecule has 2 atom stereocenters. The van der Waals surface area contributed by atoms with Crippen LogP contribution in [0.5, 0.6) is 17.2 Å². The minimum Gasteiger partial charge on any atom is -0.493 e. The Morgan fingerprint density at radius 1 is 1.16 bits per heavy atom. The number of benzene rings is 1. The lowest BCUT2D eigenvalue weighted by Crippen LogP contribution is -2.94. The van der Waals surface area contributed by atoms with Crippen molar-refractivity contribution in [2.24, 2.45) is 0 Å². The lowest BCUT2D eigenvalue weighted by molar-refractivity contribution is -0.712. The summed E-state index contributed by atoms with van der Waals surface area (Å²) < 4.78 is 21.3. The lowest BCUT2D eigenvalue weighted by atomic mass is 9.93. The number of esters is 1.